The molecule has 0 aliphatic heterocycles. The Balaban J connectivity index is 1.88. The number of nitriles is 1. The number of hydrogen-bond acceptors (Lipinski definition) is 2. The number of carbonyl (C=O) groups is 1. The van der Waals surface area contributed by atoms with Crippen molar-refractivity contribution >= 4 is 33.6 Å². The number of rotatable bonds is 4. The van der Waals surface area contributed by atoms with Crippen LogP contribution >= 0.6 is 15.9 Å². The molecule has 3 aromatic rings. The maximum absolute atomic E-state index is 12.4. The summed E-state index contributed by atoms with van der Waals surface area (Å²) < 4.78 is 2.87. The molecule has 4 nitrogen and oxygen atoms in total. The van der Waals surface area contributed by atoms with Gasteiger partial charge in [-0.2, -0.15) is 5.26 Å². The Morgan fingerprint density at radius 2 is 1.92 bits per heavy atom. The summed E-state index contributed by atoms with van der Waals surface area (Å²) in [7, 11) is 0. The molecule has 2 aromatic carbocycles. The van der Waals surface area contributed by atoms with Crippen LogP contribution in [0, 0.1) is 18.3 Å². The molecule has 3 rings (SSSR count). The van der Waals surface area contributed by atoms with E-state index in [9.17, 15) is 10.1 Å². The van der Waals surface area contributed by atoms with Crippen LogP contribution in [0.25, 0.3) is 11.8 Å². The average molecular weight is 406 g/mol. The zero-order valence-corrected chi connectivity index (χ0v) is 15.7. The number of aromatic nitrogens is 1. The number of amides is 1. The highest BCUT2D eigenvalue weighted by molar-refractivity contribution is 9.10. The summed E-state index contributed by atoms with van der Waals surface area (Å²) in [5, 5.41) is 12.2. The fraction of sp³-hybridized carbons (Fsp3) is 0.0476. The molecule has 1 N–H and O–H groups in total. The Hall–Kier alpha value is -3.10. The molecule has 1 aromatic heterocycles. The van der Waals surface area contributed by atoms with Crippen molar-refractivity contribution in [3.05, 3.63) is 88.2 Å². The molecule has 5 heteroatoms. The summed E-state index contributed by atoms with van der Waals surface area (Å²) in [6, 6.07) is 21.0. The van der Waals surface area contributed by atoms with Crippen LogP contribution in [0.1, 0.15) is 11.3 Å². The molecule has 1 amide bonds. The SMILES string of the molecule is Cc1ccc(NC(=O)/C(C#N)=C\c2cccn2-c2cccc(Br)c2)cc1. The van der Waals surface area contributed by atoms with E-state index in [1.165, 1.54) is 0 Å². The van der Waals surface area contributed by atoms with Crippen LogP contribution in [0.5, 0.6) is 0 Å². The van der Waals surface area contributed by atoms with E-state index in [0.717, 1.165) is 21.4 Å². The lowest BCUT2D eigenvalue weighted by molar-refractivity contribution is -0.112. The van der Waals surface area contributed by atoms with E-state index in [1.807, 2.05) is 84.4 Å². The van der Waals surface area contributed by atoms with Crippen LogP contribution in [0.2, 0.25) is 0 Å². The number of hydrogen-bond donors (Lipinski definition) is 1. The van der Waals surface area contributed by atoms with Gasteiger partial charge in [-0.15, -0.1) is 0 Å². The summed E-state index contributed by atoms with van der Waals surface area (Å²) in [6.07, 6.45) is 3.48. The van der Waals surface area contributed by atoms with Crippen molar-refractivity contribution in [1.82, 2.24) is 4.57 Å². The molecule has 0 saturated heterocycles. The number of carbonyl (C=O) groups excluding carboxylic acids is 1. The molecule has 0 unspecified atom stereocenters. The maximum Gasteiger partial charge on any atom is 0.266 e. The first-order chi connectivity index (χ1) is 12.6. The molecule has 0 bridgehead atoms. The fourth-order valence-corrected chi connectivity index (χ4v) is 2.89. The van der Waals surface area contributed by atoms with Crippen molar-refractivity contribution in [2.75, 3.05) is 5.32 Å². The smallest absolute Gasteiger partial charge is 0.266 e. The highest BCUT2D eigenvalue weighted by Crippen LogP contribution is 2.20. The van der Waals surface area contributed by atoms with Gasteiger partial charge in [-0.05, 0) is 55.5 Å². The average Bonchev–Trinajstić information content (AvgIpc) is 3.09. The Labute approximate surface area is 160 Å². The lowest BCUT2D eigenvalue weighted by atomic mass is 10.2. The first-order valence-electron chi connectivity index (χ1n) is 8.00. The van der Waals surface area contributed by atoms with Crippen LogP contribution in [0.4, 0.5) is 5.69 Å². The first kappa shape index (κ1) is 17.7. The first-order valence-corrected chi connectivity index (χ1v) is 8.79. The van der Waals surface area contributed by atoms with E-state index in [4.69, 9.17) is 0 Å². The molecular formula is C21H16BrN3O. The number of aryl methyl sites for hydroxylation is 1. The molecule has 0 spiro atoms. The van der Waals surface area contributed by atoms with Gasteiger partial charge in [0.25, 0.3) is 5.91 Å². The second-order valence-electron chi connectivity index (χ2n) is 5.77. The number of nitrogens with zero attached hydrogens (tertiary/aromatic N) is 2. The predicted octanol–water partition coefficient (Wildman–Crippen LogP) is 5.09. The third kappa shape index (κ3) is 4.11. The van der Waals surface area contributed by atoms with E-state index in [2.05, 4.69) is 21.2 Å². The third-order valence-electron chi connectivity index (χ3n) is 3.83. The molecule has 0 fully saturated rings. The monoisotopic (exact) mass is 405 g/mol. The van der Waals surface area contributed by atoms with Gasteiger partial charge >= 0.3 is 0 Å². The summed E-state index contributed by atoms with van der Waals surface area (Å²) in [4.78, 5) is 12.4. The zero-order valence-electron chi connectivity index (χ0n) is 14.1. The van der Waals surface area contributed by atoms with Crippen LogP contribution in [-0.4, -0.2) is 10.5 Å². The van der Waals surface area contributed by atoms with Gasteiger partial charge in [-0.1, -0.05) is 39.7 Å². The predicted molar refractivity (Wildman–Crippen MR) is 107 cm³/mol. The minimum Gasteiger partial charge on any atom is -0.321 e. The van der Waals surface area contributed by atoms with Crippen molar-refractivity contribution in [2.24, 2.45) is 0 Å². The summed E-state index contributed by atoms with van der Waals surface area (Å²) in [6.45, 7) is 1.97. The van der Waals surface area contributed by atoms with Crippen LogP contribution in [0.15, 0.2) is 76.9 Å². The second-order valence-corrected chi connectivity index (χ2v) is 6.69. The van der Waals surface area contributed by atoms with Crippen LogP contribution < -0.4 is 5.32 Å². The van der Waals surface area contributed by atoms with Crippen molar-refractivity contribution in [3.8, 4) is 11.8 Å². The lowest BCUT2D eigenvalue weighted by Crippen LogP contribution is -2.13. The zero-order chi connectivity index (χ0) is 18.5. The van der Waals surface area contributed by atoms with E-state index in [-0.39, 0.29) is 5.57 Å². The summed E-state index contributed by atoms with van der Waals surface area (Å²) in [5.41, 5.74) is 3.49. The number of benzene rings is 2. The topological polar surface area (TPSA) is 57.8 Å². The number of halogens is 1. The van der Waals surface area contributed by atoms with Crippen LogP contribution in [0.3, 0.4) is 0 Å². The van der Waals surface area contributed by atoms with Crippen molar-refractivity contribution < 1.29 is 4.79 Å². The fourth-order valence-electron chi connectivity index (χ4n) is 2.50. The summed E-state index contributed by atoms with van der Waals surface area (Å²) >= 11 is 3.46. The molecule has 0 aliphatic carbocycles. The number of anilines is 1. The largest absolute Gasteiger partial charge is 0.321 e. The Morgan fingerprint density at radius 1 is 1.15 bits per heavy atom. The molecule has 128 valence electrons. The highest BCUT2D eigenvalue weighted by Gasteiger charge is 2.11. The quantitative estimate of drug-likeness (QED) is 0.485. The normalized spacial score (nSPS) is 11.0. The molecule has 0 radical (unpaired) electrons. The van der Waals surface area contributed by atoms with E-state index >= 15 is 0 Å². The lowest BCUT2D eigenvalue weighted by Gasteiger charge is -2.08. The van der Waals surface area contributed by atoms with Gasteiger partial charge in [0.15, 0.2) is 0 Å². The minimum absolute atomic E-state index is 0.0421. The van der Waals surface area contributed by atoms with E-state index < -0.39 is 5.91 Å². The van der Waals surface area contributed by atoms with Gasteiger partial charge < -0.3 is 9.88 Å². The molecular weight excluding hydrogens is 390 g/mol. The maximum atomic E-state index is 12.4. The van der Waals surface area contributed by atoms with Crippen molar-refractivity contribution in [2.45, 2.75) is 6.92 Å². The standard InChI is InChI=1S/C21H16BrN3O/c1-15-7-9-18(10-8-15)24-21(26)16(14-23)12-19-6-3-11-25(19)20-5-2-4-17(22)13-20/h2-13H,1H3,(H,24,26)/b16-12-. The Kier molecular flexibility index (Phi) is 5.35. The van der Waals surface area contributed by atoms with Gasteiger partial charge in [0.05, 0.1) is 0 Å². The van der Waals surface area contributed by atoms with Gasteiger partial charge in [0.2, 0.25) is 0 Å². The van der Waals surface area contributed by atoms with Gasteiger partial charge in [0, 0.05) is 27.7 Å². The molecule has 0 aliphatic rings. The molecule has 26 heavy (non-hydrogen) atoms. The highest BCUT2D eigenvalue weighted by atomic mass is 79.9. The number of nitrogens with one attached hydrogen (secondary N) is 1. The molecule has 0 atom stereocenters. The second kappa shape index (κ2) is 7.85. The summed E-state index contributed by atoms with van der Waals surface area (Å²) in [5.74, 6) is -0.432. The van der Waals surface area contributed by atoms with Crippen LogP contribution in [-0.2, 0) is 4.79 Å². The van der Waals surface area contributed by atoms with Gasteiger partial charge in [-0.3, -0.25) is 4.79 Å². The Morgan fingerprint density at radius 3 is 2.62 bits per heavy atom. The van der Waals surface area contributed by atoms with Crippen molar-refractivity contribution in [1.29, 1.82) is 5.26 Å². The molecule has 0 saturated carbocycles. The van der Waals surface area contributed by atoms with E-state index in [1.54, 1.807) is 6.08 Å². The third-order valence-corrected chi connectivity index (χ3v) is 4.33. The Bertz CT molecular complexity index is 1010. The minimum atomic E-state index is -0.432. The van der Waals surface area contributed by atoms with Crippen molar-refractivity contribution in [3.63, 3.8) is 0 Å². The van der Waals surface area contributed by atoms with Gasteiger partial charge in [0.1, 0.15) is 11.6 Å². The molecule has 1 heterocycles. The van der Waals surface area contributed by atoms with Gasteiger partial charge in [-0.25, -0.2) is 0 Å². The van der Waals surface area contributed by atoms with E-state index in [0.29, 0.717) is 5.69 Å².